The Morgan fingerprint density at radius 1 is 1.54 bits per heavy atom. The van der Waals surface area contributed by atoms with Crippen molar-refractivity contribution in [1.82, 2.24) is 10.2 Å². The lowest BCUT2D eigenvalue weighted by Gasteiger charge is -2.28. The minimum Gasteiger partial charge on any atom is -0.326 e. The van der Waals surface area contributed by atoms with E-state index in [2.05, 4.69) is 12.2 Å². The normalized spacial score (nSPS) is 34.5. The maximum atomic E-state index is 11.5. The Bertz CT molecular complexity index is 205. The van der Waals surface area contributed by atoms with Crippen molar-refractivity contribution < 1.29 is 4.79 Å². The Balaban J connectivity index is 2.02. The second-order valence-corrected chi connectivity index (χ2v) is 4.11. The maximum absolute atomic E-state index is 11.5. The first-order chi connectivity index (χ1) is 6.33. The van der Waals surface area contributed by atoms with Crippen molar-refractivity contribution in [2.45, 2.75) is 38.6 Å². The summed E-state index contributed by atoms with van der Waals surface area (Å²) in [6.07, 6.45) is 5.04. The third-order valence-corrected chi connectivity index (χ3v) is 3.42. The van der Waals surface area contributed by atoms with E-state index in [-0.39, 0.29) is 0 Å². The molecule has 2 atom stereocenters. The van der Waals surface area contributed by atoms with E-state index in [1.54, 1.807) is 0 Å². The first kappa shape index (κ1) is 9.00. The van der Waals surface area contributed by atoms with E-state index in [1.165, 1.54) is 25.7 Å². The van der Waals surface area contributed by atoms with Crippen LogP contribution in [0.25, 0.3) is 0 Å². The molecular weight excluding hydrogens is 164 g/mol. The second kappa shape index (κ2) is 3.66. The minimum atomic E-state index is 0.297. The van der Waals surface area contributed by atoms with E-state index in [9.17, 15) is 4.79 Å². The van der Waals surface area contributed by atoms with E-state index < -0.39 is 0 Å². The van der Waals surface area contributed by atoms with Crippen LogP contribution in [0, 0.1) is 5.92 Å². The van der Waals surface area contributed by atoms with Crippen molar-refractivity contribution in [3.8, 4) is 0 Å². The van der Waals surface area contributed by atoms with Crippen LogP contribution in [0.3, 0.4) is 0 Å². The van der Waals surface area contributed by atoms with Gasteiger partial charge in [-0.3, -0.25) is 10.1 Å². The zero-order valence-corrected chi connectivity index (χ0v) is 8.25. The van der Waals surface area contributed by atoms with Gasteiger partial charge in [-0.05, 0) is 18.8 Å². The van der Waals surface area contributed by atoms with Crippen LogP contribution >= 0.6 is 0 Å². The van der Waals surface area contributed by atoms with Gasteiger partial charge in [0, 0.05) is 6.04 Å². The largest absolute Gasteiger partial charge is 0.326 e. The predicted octanol–water partition coefficient (Wildman–Crippen LogP) is 0.954. The molecule has 0 spiro atoms. The van der Waals surface area contributed by atoms with E-state index in [1.807, 2.05) is 4.90 Å². The highest BCUT2D eigenvalue weighted by Gasteiger charge is 2.35. The maximum Gasteiger partial charge on any atom is 0.237 e. The van der Waals surface area contributed by atoms with Gasteiger partial charge >= 0.3 is 0 Å². The van der Waals surface area contributed by atoms with Crippen LogP contribution in [0.2, 0.25) is 0 Å². The fraction of sp³-hybridized carbons (Fsp3) is 0.900. The highest BCUT2D eigenvalue weighted by molar-refractivity contribution is 5.80. The van der Waals surface area contributed by atoms with Gasteiger partial charge in [0.2, 0.25) is 5.91 Å². The van der Waals surface area contributed by atoms with Gasteiger partial charge in [0.1, 0.15) is 0 Å². The standard InChI is InChI=1S/C10H18N2O/c1-2-8-4-3-5-9(8)12-7-11-6-10(12)13/h8-9,11H,2-7H2,1H3. The summed E-state index contributed by atoms with van der Waals surface area (Å²) in [6.45, 7) is 3.56. The van der Waals surface area contributed by atoms with Crippen LogP contribution in [-0.2, 0) is 4.79 Å². The molecule has 0 aromatic rings. The molecule has 2 fully saturated rings. The molecule has 2 rings (SSSR count). The van der Waals surface area contributed by atoms with E-state index >= 15 is 0 Å². The van der Waals surface area contributed by atoms with Crippen LogP contribution in [0.4, 0.5) is 0 Å². The molecule has 1 heterocycles. The lowest BCUT2D eigenvalue weighted by atomic mass is 10.00. The van der Waals surface area contributed by atoms with Gasteiger partial charge in [-0.2, -0.15) is 0 Å². The van der Waals surface area contributed by atoms with Gasteiger partial charge in [-0.25, -0.2) is 0 Å². The van der Waals surface area contributed by atoms with Gasteiger partial charge in [0.05, 0.1) is 13.2 Å². The Hall–Kier alpha value is -0.570. The van der Waals surface area contributed by atoms with Crippen molar-refractivity contribution in [2.24, 2.45) is 5.92 Å². The molecular formula is C10H18N2O. The molecule has 2 unspecified atom stereocenters. The summed E-state index contributed by atoms with van der Waals surface area (Å²) in [7, 11) is 0. The molecule has 3 heteroatoms. The zero-order valence-electron chi connectivity index (χ0n) is 8.25. The number of hydrogen-bond acceptors (Lipinski definition) is 2. The summed E-state index contributed by atoms with van der Waals surface area (Å²) in [6, 6.07) is 0.535. The fourth-order valence-electron chi connectivity index (χ4n) is 2.68. The number of nitrogens with one attached hydrogen (secondary N) is 1. The molecule has 1 saturated heterocycles. The first-order valence-electron chi connectivity index (χ1n) is 5.33. The van der Waals surface area contributed by atoms with Crippen molar-refractivity contribution >= 4 is 5.91 Å². The molecule has 3 nitrogen and oxygen atoms in total. The summed E-state index contributed by atoms with van der Waals surface area (Å²) >= 11 is 0. The van der Waals surface area contributed by atoms with Crippen LogP contribution in [0.1, 0.15) is 32.6 Å². The zero-order chi connectivity index (χ0) is 9.26. The third-order valence-electron chi connectivity index (χ3n) is 3.42. The van der Waals surface area contributed by atoms with Gasteiger partial charge in [0.25, 0.3) is 0 Å². The molecule has 1 saturated carbocycles. The van der Waals surface area contributed by atoms with Crippen molar-refractivity contribution in [3.05, 3.63) is 0 Å². The molecule has 1 aliphatic heterocycles. The number of nitrogens with zero attached hydrogens (tertiary/aromatic N) is 1. The van der Waals surface area contributed by atoms with Gasteiger partial charge in [-0.1, -0.05) is 19.8 Å². The molecule has 1 amide bonds. The molecule has 0 radical (unpaired) electrons. The first-order valence-corrected chi connectivity index (χ1v) is 5.33. The summed E-state index contributed by atoms with van der Waals surface area (Å²) in [4.78, 5) is 13.5. The lowest BCUT2D eigenvalue weighted by molar-refractivity contribution is -0.129. The molecule has 0 aromatic carbocycles. The SMILES string of the molecule is CCC1CCCC1N1CNCC1=O. The Morgan fingerprint density at radius 3 is 3.00 bits per heavy atom. The number of carbonyl (C=O) groups excluding carboxylic acids is 1. The molecule has 74 valence electrons. The third kappa shape index (κ3) is 1.57. The molecule has 0 bridgehead atoms. The van der Waals surface area contributed by atoms with Crippen molar-refractivity contribution in [2.75, 3.05) is 13.2 Å². The number of rotatable bonds is 2. The lowest BCUT2D eigenvalue weighted by Crippen LogP contribution is -2.39. The average molecular weight is 182 g/mol. The Kier molecular flexibility index (Phi) is 2.54. The minimum absolute atomic E-state index is 0.297. The summed E-state index contributed by atoms with van der Waals surface area (Å²) in [5, 5.41) is 3.12. The topological polar surface area (TPSA) is 32.3 Å². The molecule has 0 aromatic heterocycles. The molecule has 1 aliphatic carbocycles. The van der Waals surface area contributed by atoms with E-state index in [0.29, 0.717) is 18.5 Å². The highest BCUT2D eigenvalue weighted by Crippen LogP contribution is 2.32. The molecule has 13 heavy (non-hydrogen) atoms. The summed E-state index contributed by atoms with van der Waals surface area (Å²) in [5.41, 5.74) is 0. The van der Waals surface area contributed by atoms with Crippen molar-refractivity contribution in [1.29, 1.82) is 0 Å². The van der Waals surface area contributed by atoms with Crippen LogP contribution in [0.5, 0.6) is 0 Å². The second-order valence-electron chi connectivity index (χ2n) is 4.11. The number of carbonyl (C=O) groups is 1. The van der Waals surface area contributed by atoms with Crippen LogP contribution in [0.15, 0.2) is 0 Å². The highest BCUT2D eigenvalue weighted by atomic mass is 16.2. The van der Waals surface area contributed by atoms with Crippen LogP contribution < -0.4 is 5.32 Å². The smallest absolute Gasteiger partial charge is 0.237 e. The van der Waals surface area contributed by atoms with Gasteiger partial charge in [-0.15, -0.1) is 0 Å². The van der Waals surface area contributed by atoms with Gasteiger partial charge < -0.3 is 4.90 Å². The van der Waals surface area contributed by atoms with Crippen molar-refractivity contribution in [3.63, 3.8) is 0 Å². The number of hydrogen-bond donors (Lipinski definition) is 1. The molecule has 1 N–H and O–H groups in total. The van der Waals surface area contributed by atoms with E-state index in [0.717, 1.165) is 12.6 Å². The summed E-state index contributed by atoms with van der Waals surface area (Å²) in [5.74, 6) is 1.05. The average Bonchev–Trinajstić information content (AvgIpc) is 2.71. The quantitative estimate of drug-likeness (QED) is 0.689. The summed E-state index contributed by atoms with van der Waals surface area (Å²) < 4.78 is 0. The fourth-order valence-corrected chi connectivity index (χ4v) is 2.68. The molecule has 2 aliphatic rings. The monoisotopic (exact) mass is 182 g/mol. The number of amides is 1. The van der Waals surface area contributed by atoms with Gasteiger partial charge in [0.15, 0.2) is 0 Å². The Labute approximate surface area is 79.5 Å². The van der Waals surface area contributed by atoms with E-state index in [4.69, 9.17) is 0 Å². The van der Waals surface area contributed by atoms with Crippen LogP contribution in [-0.4, -0.2) is 30.1 Å². The Morgan fingerprint density at radius 2 is 2.38 bits per heavy atom. The predicted molar refractivity (Wildman–Crippen MR) is 51.1 cm³/mol.